The predicted octanol–water partition coefficient (Wildman–Crippen LogP) is 0.534. The number of rotatable bonds is 6. The van der Waals surface area contributed by atoms with E-state index in [4.69, 9.17) is 4.42 Å². The second kappa shape index (κ2) is 6.59. The first-order chi connectivity index (χ1) is 9.52. The summed E-state index contributed by atoms with van der Waals surface area (Å²) in [4.78, 5) is 11.6. The van der Waals surface area contributed by atoms with E-state index in [0.717, 1.165) is 4.31 Å². The van der Waals surface area contributed by atoms with Crippen LogP contribution in [0.5, 0.6) is 0 Å². The zero-order valence-electron chi connectivity index (χ0n) is 13.1. The van der Waals surface area contributed by atoms with E-state index in [1.807, 2.05) is 20.8 Å². The molecule has 21 heavy (non-hydrogen) atoms. The minimum atomic E-state index is -3.56. The molecule has 0 aliphatic heterocycles. The van der Waals surface area contributed by atoms with Crippen molar-refractivity contribution in [1.82, 2.24) is 14.9 Å². The fourth-order valence-corrected chi connectivity index (χ4v) is 2.35. The van der Waals surface area contributed by atoms with Crippen LogP contribution in [0.15, 0.2) is 21.6 Å². The van der Waals surface area contributed by atoms with E-state index < -0.39 is 10.0 Å². The molecular formula is C13H23N3O4S. The third kappa shape index (κ3) is 5.49. The zero-order valence-corrected chi connectivity index (χ0v) is 13.9. The summed E-state index contributed by atoms with van der Waals surface area (Å²) in [5.41, 5.74) is -0.281. The predicted molar refractivity (Wildman–Crippen MR) is 79.2 cm³/mol. The van der Waals surface area contributed by atoms with Crippen LogP contribution in [0.1, 0.15) is 26.5 Å². The fourth-order valence-electron chi connectivity index (χ4n) is 1.53. The van der Waals surface area contributed by atoms with Crippen LogP contribution >= 0.6 is 0 Å². The molecule has 1 rings (SSSR count). The molecule has 8 heteroatoms. The van der Waals surface area contributed by atoms with E-state index in [-0.39, 0.29) is 29.6 Å². The lowest BCUT2D eigenvalue weighted by atomic mass is 10.1. The lowest BCUT2D eigenvalue weighted by Crippen LogP contribution is -2.44. The van der Waals surface area contributed by atoms with Crippen LogP contribution in [0, 0.1) is 0 Å². The molecule has 0 atom stereocenters. The number of hydrogen-bond donors (Lipinski definition) is 2. The van der Waals surface area contributed by atoms with E-state index in [9.17, 15) is 13.2 Å². The molecule has 1 aromatic rings. The molecule has 0 aromatic carbocycles. The van der Waals surface area contributed by atoms with Crippen LogP contribution in [0.2, 0.25) is 0 Å². The van der Waals surface area contributed by atoms with Crippen molar-refractivity contribution in [3.63, 3.8) is 0 Å². The molecule has 0 saturated heterocycles. The first-order valence-corrected chi connectivity index (χ1v) is 7.99. The van der Waals surface area contributed by atoms with Gasteiger partial charge in [0, 0.05) is 19.6 Å². The Kier molecular flexibility index (Phi) is 5.54. The van der Waals surface area contributed by atoms with Gasteiger partial charge in [-0.1, -0.05) is 0 Å². The molecule has 0 fully saturated rings. The number of carbonyl (C=O) groups excluding carboxylic acids is 1. The zero-order chi connectivity index (χ0) is 16.3. The maximum atomic E-state index is 11.8. The summed E-state index contributed by atoms with van der Waals surface area (Å²) in [7, 11) is -0.688. The van der Waals surface area contributed by atoms with Crippen LogP contribution in [0.25, 0.3) is 0 Å². The smallest absolute Gasteiger partial charge is 0.275 e. The van der Waals surface area contributed by atoms with Gasteiger partial charge < -0.3 is 15.1 Å². The van der Waals surface area contributed by atoms with Crippen molar-refractivity contribution < 1.29 is 17.6 Å². The Labute approximate surface area is 125 Å². The third-order valence-corrected chi connectivity index (χ3v) is 4.16. The highest BCUT2D eigenvalue weighted by Crippen LogP contribution is 2.16. The Morgan fingerprint density at radius 2 is 1.90 bits per heavy atom. The molecule has 1 amide bonds. The fraction of sp³-hybridized carbons (Fsp3) is 0.615. The summed E-state index contributed by atoms with van der Waals surface area (Å²) in [5, 5.41) is 5.61. The van der Waals surface area contributed by atoms with Gasteiger partial charge in [0.1, 0.15) is 5.76 Å². The second-order valence-corrected chi connectivity index (χ2v) is 7.99. The molecule has 0 bridgehead atoms. The van der Waals surface area contributed by atoms with E-state index in [2.05, 4.69) is 10.6 Å². The lowest BCUT2D eigenvalue weighted by molar-refractivity contribution is -0.121. The quantitative estimate of drug-likeness (QED) is 0.799. The number of carbonyl (C=O) groups is 1. The van der Waals surface area contributed by atoms with Gasteiger partial charge in [-0.3, -0.25) is 4.79 Å². The Hall–Kier alpha value is -1.38. The number of furan rings is 1. The van der Waals surface area contributed by atoms with Crippen LogP contribution < -0.4 is 10.6 Å². The van der Waals surface area contributed by atoms with Crippen molar-refractivity contribution >= 4 is 15.9 Å². The molecule has 0 spiro atoms. The SMILES string of the molecule is CN(C)S(=O)(=O)c1ccc(CNCC(=O)NC(C)(C)C)o1. The van der Waals surface area contributed by atoms with Gasteiger partial charge in [-0.15, -0.1) is 0 Å². The highest BCUT2D eigenvalue weighted by atomic mass is 32.2. The summed E-state index contributed by atoms with van der Waals surface area (Å²) in [6.07, 6.45) is 0. The molecule has 2 N–H and O–H groups in total. The molecule has 1 aromatic heterocycles. The summed E-state index contributed by atoms with van der Waals surface area (Å²) < 4.78 is 30.0. The number of hydrogen-bond acceptors (Lipinski definition) is 5. The van der Waals surface area contributed by atoms with Crippen molar-refractivity contribution in [1.29, 1.82) is 0 Å². The number of sulfonamides is 1. The highest BCUT2D eigenvalue weighted by Gasteiger charge is 2.21. The van der Waals surface area contributed by atoms with Gasteiger partial charge in [0.25, 0.3) is 10.0 Å². The summed E-state index contributed by atoms with van der Waals surface area (Å²) in [5.74, 6) is 0.328. The van der Waals surface area contributed by atoms with E-state index in [1.54, 1.807) is 6.07 Å². The van der Waals surface area contributed by atoms with Gasteiger partial charge in [0.2, 0.25) is 11.0 Å². The maximum absolute atomic E-state index is 11.8. The average Bonchev–Trinajstić information content (AvgIpc) is 2.75. The number of nitrogens with one attached hydrogen (secondary N) is 2. The second-order valence-electron chi connectivity index (χ2n) is 5.91. The molecule has 7 nitrogen and oxygen atoms in total. The standard InChI is InChI=1S/C13H23N3O4S/c1-13(2,3)15-11(17)9-14-8-10-6-7-12(20-10)21(18,19)16(4)5/h6-7,14H,8-9H2,1-5H3,(H,15,17). The van der Waals surface area contributed by atoms with Gasteiger partial charge in [-0.2, -0.15) is 0 Å². The largest absolute Gasteiger partial charge is 0.447 e. The molecule has 0 saturated carbocycles. The molecular weight excluding hydrogens is 294 g/mol. The molecule has 0 aliphatic rings. The summed E-state index contributed by atoms with van der Waals surface area (Å²) in [6, 6.07) is 2.98. The highest BCUT2D eigenvalue weighted by molar-refractivity contribution is 7.88. The van der Waals surface area contributed by atoms with Gasteiger partial charge >= 0.3 is 0 Å². The normalized spacial score (nSPS) is 12.7. The number of amides is 1. The Balaban J connectivity index is 2.52. The van der Waals surface area contributed by atoms with Crippen molar-refractivity contribution in [3.8, 4) is 0 Å². The Morgan fingerprint density at radius 3 is 2.43 bits per heavy atom. The van der Waals surface area contributed by atoms with Crippen molar-refractivity contribution in [2.45, 2.75) is 37.9 Å². The van der Waals surface area contributed by atoms with Crippen molar-refractivity contribution in [3.05, 3.63) is 17.9 Å². The molecule has 0 radical (unpaired) electrons. The third-order valence-electron chi connectivity index (χ3n) is 2.47. The Morgan fingerprint density at radius 1 is 1.29 bits per heavy atom. The first-order valence-electron chi connectivity index (χ1n) is 6.55. The van der Waals surface area contributed by atoms with Crippen LogP contribution in [0.4, 0.5) is 0 Å². The van der Waals surface area contributed by atoms with Gasteiger partial charge in [0.15, 0.2) is 0 Å². The van der Waals surface area contributed by atoms with Crippen LogP contribution in [-0.2, 0) is 21.4 Å². The first kappa shape index (κ1) is 17.7. The summed E-state index contributed by atoms with van der Waals surface area (Å²) >= 11 is 0. The van der Waals surface area contributed by atoms with Gasteiger partial charge in [-0.25, -0.2) is 12.7 Å². The minimum absolute atomic E-state index is 0.108. The monoisotopic (exact) mass is 317 g/mol. The van der Waals surface area contributed by atoms with E-state index in [0.29, 0.717) is 5.76 Å². The topological polar surface area (TPSA) is 91.7 Å². The Bertz CT molecular complexity index is 585. The van der Waals surface area contributed by atoms with Crippen molar-refractivity contribution in [2.24, 2.45) is 0 Å². The average molecular weight is 317 g/mol. The maximum Gasteiger partial charge on any atom is 0.275 e. The van der Waals surface area contributed by atoms with E-state index in [1.165, 1.54) is 20.2 Å². The van der Waals surface area contributed by atoms with E-state index >= 15 is 0 Å². The minimum Gasteiger partial charge on any atom is -0.447 e. The lowest BCUT2D eigenvalue weighted by Gasteiger charge is -2.20. The molecule has 0 aliphatic carbocycles. The molecule has 0 unspecified atom stereocenters. The molecule has 1 heterocycles. The summed E-state index contributed by atoms with van der Waals surface area (Å²) in [6.45, 7) is 6.11. The van der Waals surface area contributed by atoms with Gasteiger partial charge in [-0.05, 0) is 32.9 Å². The van der Waals surface area contributed by atoms with Gasteiger partial charge in [0.05, 0.1) is 13.1 Å². The molecule has 120 valence electrons. The van der Waals surface area contributed by atoms with Crippen LogP contribution in [-0.4, -0.2) is 44.8 Å². The number of nitrogens with zero attached hydrogens (tertiary/aromatic N) is 1. The van der Waals surface area contributed by atoms with Crippen LogP contribution in [0.3, 0.4) is 0 Å². The van der Waals surface area contributed by atoms with Crippen molar-refractivity contribution in [2.75, 3.05) is 20.6 Å².